The maximum atomic E-state index is 5.11. The number of hydrogen-bond donors (Lipinski definition) is 1. The third kappa shape index (κ3) is 4.49. The molecule has 3 nitrogen and oxygen atoms in total. The number of aromatic nitrogens is 1. The average Bonchev–Trinajstić information content (AvgIpc) is 2.89. The van der Waals surface area contributed by atoms with Gasteiger partial charge in [0.05, 0.1) is 5.69 Å². The summed E-state index contributed by atoms with van der Waals surface area (Å²) >= 11 is 0. The summed E-state index contributed by atoms with van der Waals surface area (Å²) in [6, 6.07) is 13.0. The number of nitrogens with one attached hydrogen (secondary N) is 1. The summed E-state index contributed by atoms with van der Waals surface area (Å²) < 4.78 is 5.11. The molecule has 0 aliphatic heterocycles. The molecule has 0 fully saturated rings. The molecule has 108 valence electrons. The van der Waals surface area contributed by atoms with Gasteiger partial charge in [-0.25, -0.2) is 0 Å². The van der Waals surface area contributed by atoms with Gasteiger partial charge >= 0.3 is 0 Å². The van der Waals surface area contributed by atoms with Crippen molar-refractivity contribution in [2.24, 2.45) is 0 Å². The van der Waals surface area contributed by atoms with Crippen LogP contribution >= 0.6 is 0 Å². The first-order chi connectivity index (χ1) is 9.79. The van der Waals surface area contributed by atoms with Crippen LogP contribution in [-0.4, -0.2) is 5.16 Å². The van der Waals surface area contributed by atoms with Crippen molar-refractivity contribution in [1.29, 1.82) is 0 Å². The van der Waals surface area contributed by atoms with E-state index in [9.17, 15) is 0 Å². The Morgan fingerprint density at radius 1 is 1.20 bits per heavy atom. The quantitative estimate of drug-likeness (QED) is 0.724. The van der Waals surface area contributed by atoms with Gasteiger partial charge in [0.25, 0.3) is 0 Å². The molecule has 0 aliphatic carbocycles. The molecule has 1 N–H and O–H groups in total. The number of benzene rings is 1. The first kappa shape index (κ1) is 14.8. The van der Waals surface area contributed by atoms with E-state index >= 15 is 0 Å². The molecule has 20 heavy (non-hydrogen) atoms. The van der Waals surface area contributed by atoms with Crippen molar-refractivity contribution in [3.05, 3.63) is 53.4 Å². The summed E-state index contributed by atoms with van der Waals surface area (Å²) in [5.41, 5.74) is 2.32. The van der Waals surface area contributed by atoms with E-state index in [-0.39, 0.29) is 0 Å². The molecule has 3 heteroatoms. The molecule has 1 atom stereocenters. The van der Waals surface area contributed by atoms with Crippen LogP contribution in [0.1, 0.15) is 55.7 Å². The standard InChI is InChI=1S/C17H24N2O/c1-3-4-6-11-17(15-9-7-5-8-10-15)18-13-16-12-14(2)20-19-16/h5,7-10,12,17-18H,3-4,6,11,13H2,1-2H3. The van der Waals surface area contributed by atoms with Crippen molar-refractivity contribution in [3.63, 3.8) is 0 Å². The van der Waals surface area contributed by atoms with Crippen LogP contribution in [0.15, 0.2) is 40.9 Å². The highest BCUT2D eigenvalue weighted by Gasteiger charge is 2.11. The molecule has 0 aliphatic rings. The van der Waals surface area contributed by atoms with E-state index in [1.165, 1.54) is 24.8 Å². The lowest BCUT2D eigenvalue weighted by Gasteiger charge is -2.18. The number of nitrogens with zero attached hydrogens (tertiary/aromatic N) is 1. The third-order valence-electron chi connectivity index (χ3n) is 3.50. The fourth-order valence-electron chi connectivity index (χ4n) is 2.40. The number of rotatable bonds is 8. The third-order valence-corrected chi connectivity index (χ3v) is 3.50. The molecule has 2 rings (SSSR count). The Hall–Kier alpha value is -1.61. The number of unbranched alkanes of at least 4 members (excludes halogenated alkanes) is 2. The molecule has 0 bridgehead atoms. The molecule has 0 saturated carbocycles. The Balaban J connectivity index is 1.95. The van der Waals surface area contributed by atoms with Crippen LogP contribution in [0.3, 0.4) is 0 Å². The maximum absolute atomic E-state index is 5.11. The van der Waals surface area contributed by atoms with Crippen LogP contribution in [0.5, 0.6) is 0 Å². The number of aryl methyl sites for hydroxylation is 1. The molecule has 1 unspecified atom stereocenters. The summed E-state index contributed by atoms with van der Waals surface area (Å²) in [5.74, 6) is 0.865. The predicted octanol–water partition coefficient (Wildman–Crippen LogP) is 4.39. The van der Waals surface area contributed by atoms with E-state index in [1.807, 2.05) is 13.0 Å². The lowest BCUT2D eigenvalue weighted by molar-refractivity contribution is 0.383. The maximum Gasteiger partial charge on any atom is 0.133 e. The van der Waals surface area contributed by atoms with Gasteiger partial charge in [0.2, 0.25) is 0 Å². The minimum Gasteiger partial charge on any atom is -0.361 e. The molecule has 2 aromatic rings. The van der Waals surface area contributed by atoms with Crippen LogP contribution in [0.4, 0.5) is 0 Å². The van der Waals surface area contributed by atoms with Gasteiger partial charge in [0.15, 0.2) is 0 Å². The van der Waals surface area contributed by atoms with Crippen molar-refractivity contribution < 1.29 is 4.52 Å². The van der Waals surface area contributed by atoms with Crippen LogP contribution < -0.4 is 5.32 Å². The molecular formula is C17H24N2O. The second kappa shape index (κ2) is 7.85. The van der Waals surface area contributed by atoms with Crippen LogP contribution in [0, 0.1) is 6.92 Å². The molecule has 0 radical (unpaired) electrons. The van der Waals surface area contributed by atoms with Gasteiger partial charge in [-0.1, -0.05) is 61.7 Å². The summed E-state index contributed by atoms with van der Waals surface area (Å²) in [6.45, 7) is 4.92. The van der Waals surface area contributed by atoms with E-state index in [0.29, 0.717) is 6.04 Å². The van der Waals surface area contributed by atoms with Gasteiger partial charge < -0.3 is 9.84 Å². The van der Waals surface area contributed by atoms with E-state index in [0.717, 1.165) is 24.4 Å². The molecule has 1 aromatic heterocycles. The minimum absolute atomic E-state index is 0.389. The van der Waals surface area contributed by atoms with Crippen molar-refractivity contribution in [2.75, 3.05) is 0 Å². The first-order valence-corrected chi connectivity index (χ1v) is 7.50. The van der Waals surface area contributed by atoms with Gasteiger partial charge in [-0.2, -0.15) is 0 Å². The predicted molar refractivity (Wildman–Crippen MR) is 81.4 cm³/mol. The zero-order valence-electron chi connectivity index (χ0n) is 12.4. The second-order valence-corrected chi connectivity index (χ2v) is 5.27. The zero-order chi connectivity index (χ0) is 14.2. The summed E-state index contributed by atoms with van der Waals surface area (Å²) in [5, 5.41) is 7.64. The van der Waals surface area contributed by atoms with Gasteiger partial charge in [-0.05, 0) is 18.9 Å². The van der Waals surface area contributed by atoms with Gasteiger partial charge in [0, 0.05) is 18.7 Å². The molecule has 0 amide bonds. The summed E-state index contributed by atoms with van der Waals surface area (Å²) in [7, 11) is 0. The van der Waals surface area contributed by atoms with Crippen molar-refractivity contribution >= 4 is 0 Å². The molecule has 0 saturated heterocycles. The fraction of sp³-hybridized carbons (Fsp3) is 0.471. The zero-order valence-corrected chi connectivity index (χ0v) is 12.4. The van der Waals surface area contributed by atoms with Gasteiger partial charge in [-0.3, -0.25) is 0 Å². The summed E-state index contributed by atoms with van der Waals surface area (Å²) in [6.07, 6.45) is 4.95. The minimum atomic E-state index is 0.389. The molecule has 1 aromatic carbocycles. The average molecular weight is 272 g/mol. The normalized spacial score (nSPS) is 12.5. The van der Waals surface area contributed by atoms with Crippen LogP contribution in [0.25, 0.3) is 0 Å². The highest BCUT2D eigenvalue weighted by molar-refractivity contribution is 5.19. The SMILES string of the molecule is CCCCCC(NCc1cc(C)on1)c1ccccc1. The smallest absolute Gasteiger partial charge is 0.133 e. The summed E-state index contributed by atoms with van der Waals surface area (Å²) in [4.78, 5) is 0. The van der Waals surface area contributed by atoms with Crippen molar-refractivity contribution in [2.45, 2.75) is 52.1 Å². The van der Waals surface area contributed by atoms with Crippen LogP contribution in [-0.2, 0) is 6.54 Å². The molecule has 1 heterocycles. The Bertz CT molecular complexity index is 493. The molecule has 0 spiro atoms. The first-order valence-electron chi connectivity index (χ1n) is 7.50. The lowest BCUT2D eigenvalue weighted by atomic mass is 10.0. The largest absolute Gasteiger partial charge is 0.361 e. The molecular weight excluding hydrogens is 248 g/mol. The fourth-order valence-corrected chi connectivity index (χ4v) is 2.40. The second-order valence-electron chi connectivity index (χ2n) is 5.27. The van der Waals surface area contributed by atoms with E-state index in [1.54, 1.807) is 0 Å². The van der Waals surface area contributed by atoms with E-state index in [4.69, 9.17) is 4.52 Å². The lowest BCUT2D eigenvalue weighted by Crippen LogP contribution is -2.21. The highest BCUT2D eigenvalue weighted by Crippen LogP contribution is 2.20. The van der Waals surface area contributed by atoms with E-state index in [2.05, 4.69) is 47.7 Å². The Labute approximate surface area is 121 Å². The van der Waals surface area contributed by atoms with Crippen LogP contribution in [0.2, 0.25) is 0 Å². The van der Waals surface area contributed by atoms with Crippen molar-refractivity contribution in [3.8, 4) is 0 Å². The highest BCUT2D eigenvalue weighted by atomic mass is 16.5. The number of hydrogen-bond acceptors (Lipinski definition) is 3. The van der Waals surface area contributed by atoms with Crippen molar-refractivity contribution in [1.82, 2.24) is 10.5 Å². The Morgan fingerprint density at radius 2 is 2.00 bits per heavy atom. The van der Waals surface area contributed by atoms with Gasteiger partial charge in [-0.15, -0.1) is 0 Å². The Kier molecular flexibility index (Phi) is 5.81. The monoisotopic (exact) mass is 272 g/mol. The van der Waals surface area contributed by atoms with E-state index < -0.39 is 0 Å². The Morgan fingerprint density at radius 3 is 2.65 bits per heavy atom. The van der Waals surface area contributed by atoms with Gasteiger partial charge in [0.1, 0.15) is 5.76 Å². The topological polar surface area (TPSA) is 38.1 Å².